The summed E-state index contributed by atoms with van der Waals surface area (Å²) in [5.41, 5.74) is 3.31. The third kappa shape index (κ3) is 9.85. The molecular weight excluding hydrogens is 700 g/mol. The number of esters is 3. The molecule has 3 unspecified atom stereocenters. The first-order chi connectivity index (χ1) is 26.6. The van der Waals surface area contributed by atoms with Crippen LogP contribution in [-0.4, -0.2) is 64.9 Å². The smallest absolute Gasteiger partial charge is 0.427 e. The summed E-state index contributed by atoms with van der Waals surface area (Å²) in [6.07, 6.45) is 8.54. The number of hydroxylamine groups is 2. The molecule has 1 heterocycles. The summed E-state index contributed by atoms with van der Waals surface area (Å²) in [6, 6.07) is 25.8. The number of carbonyl (C=O) groups excluding carboxylic acids is 4. The number of rotatable bonds is 10. The van der Waals surface area contributed by atoms with Crippen LogP contribution < -0.4 is 5.32 Å². The topological polar surface area (TPSA) is 149 Å². The lowest BCUT2D eigenvalue weighted by atomic mass is 9.82. The van der Waals surface area contributed by atoms with Crippen LogP contribution in [0, 0.1) is 5.92 Å². The Labute approximate surface area is 320 Å². The van der Waals surface area contributed by atoms with Gasteiger partial charge in [0.15, 0.2) is 0 Å². The summed E-state index contributed by atoms with van der Waals surface area (Å²) in [5.74, 6) is -2.47. The summed E-state index contributed by atoms with van der Waals surface area (Å²) >= 11 is 0. The lowest BCUT2D eigenvalue weighted by molar-refractivity contribution is -0.151. The second kappa shape index (κ2) is 18.0. The van der Waals surface area contributed by atoms with E-state index in [1.807, 2.05) is 42.5 Å². The maximum atomic E-state index is 13.3. The van der Waals surface area contributed by atoms with Crippen LogP contribution in [0.3, 0.4) is 0 Å². The molecule has 1 saturated carbocycles. The minimum atomic E-state index is -0.967. The molecule has 3 aliphatic rings. The van der Waals surface area contributed by atoms with E-state index >= 15 is 0 Å². The molecule has 11 nitrogen and oxygen atoms in total. The van der Waals surface area contributed by atoms with Gasteiger partial charge in [-0.2, -0.15) is 0 Å². The van der Waals surface area contributed by atoms with E-state index in [1.165, 1.54) is 6.42 Å². The quantitative estimate of drug-likeness (QED) is 0.121. The maximum Gasteiger partial charge on any atom is 0.427 e. The highest BCUT2D eigenvalue weighted by Gasteiger charge is 2.39. The fraction of sp³-hybridized carbons (Fsp3) is 0.341. The molecule has 1 aliphatic heterocycles. The van der Waals surface area contributed by atoms with Crippen molar-refractivity contribution in [3.63, 3.8) is 0 Å². The van der Waals surface area contributed by atoms with Gasteiger partial charge >= 0.3 is 30.0 Å². The van der Waals surface area contributed by atoms with Crippen molar-refractivity contribution < 1.29 is 43.4 Å². The number of hydrogen-bond donors (Lipinski definition) is 2. The zero-order chi connectivity index (χ0) is 38.9. The molecule has 2 aliphatic carbocycles. The van der Waals surface area contributed by atoms with Crippen LogP contribution in [-0.2, 0) is 30.3 Å². The molecular formula is C44H46N2O9. The minimum absolute atomic E-state index is 0.00700. The van der Waals surface area contributed by atoms with Gasteiger partial charge in [-0.05, 0) is 90.8 Å². The van der Waals surface area contributed by atoms with E-state index in [9.17, 15) is 24.0 Å². The number of carbonyl (C=O) groups is 5. The van der Waals surface area contributed by atoms with Crippen molar-refractivity contribution in [2.24, 2.45) is 5.92 Å². The zero-order valence-corrected chi connectivity index (χ0v) is 31.0. The molecule has 0 aromatic heterocycles. The number of benzene rings is 4. The Hall–Kier alpha value is -5.81. The number of ether oxygens (including phenoxy) is 2. The molecule has 7 rings (SSSR count). The SMILES string of the molecule is CC(C)OC(=O)[C@H](Cc1ccc2cccc3c2c1C=CC3CC(=O)OC(=O)c1ccccc1)NC(=O)ON1CCC2CCCCC21.O=C(O)c1ccccc1. The second-order valence-corrected chi connectivity index (χ2v) is 14.4. The Bertz CT molecular complexity index is 2050. The average molecular weight is 747 g/mol. The summed E-state index contributed by atoms with van der Waals surface area (Å²) in [4.78, 5) is 67.6. The predicted octanol–water partition coefficient (Wildman–Crippen LogP) is 7.88. The Kier molecular flexibility index (Phi) is 12.7. The number of aromatic carboxylic acids is 1. The molecule has 1 amide bonds. The average Bonchev–Trinajstić information content (AvgIpc) is 3.59. The van der Waals surface area contributed by atoms with Gasteiger partial charge in [-0.3, -0.25) is 4.79 Å². The lowest BCUT2D eigenvalue weighted by Gasteiger charge is -2.30. The first-order valence-corrected chi connectivity index (χ1v) is 18.8. The van der Waals surface area contributed by atoms with E-state index in [0.29, 0.717) is 23.6 Å². The normalized spacial score (nSPS) is 19.0. The number of allylic oxidation sites excluding steroid dienone is 1. The van der Waals surface area contributed by atoms with Crippen molar-refractivity contribution in [1.82, 2.24) is 10.4 Å². The van der Waals surface area contributed by atoms with Crippen molar-refractivity contribution in [3.8, 4) is 0 Å². The summed E-state index contributed by atoms with van der Waals surface area (Å²) in [5, 5.41) is 14.9. The fourth-order valence-electron chi connectivity index (χ4n) is 7.67. The standard InChI is InChI=1S/C37H40N2O7.C7H6O2/c1-23(2)44-36(42)31(38-37(43)46-39-20-19-24-9-6-7-14-32(24)39)21-27-16-15-25-12-8-13-29-28(17-18-30(27)34(25)29)22-33(40)45-35(41)26-10-4-3-5-11-26;8-7(9)6-4-2-1-3-5-6/h3-5,8,10-13,15-18,23-24,28,31-32H,6-7,9,14,19-22H2,1-2H3,(H,38,43);1-5H,(H,8,9)/t24?,28?,31-,32?;/m0./s1. The summed E-state index contributed by atoms with van der Waals surface area (Å²) in [6.45, 7) is 4.24. The highest BCUT2D eigenvalue weighted by atomic mass is 16.7. The molecule has 0 spiro atoms. The van der Waals surface area contributed by atoms with Crippen LogP contribution in [0.15, 0.2) is 97.1 Å². The molecule has 2 N–H and O–H groups in total. The number of nitrogens with zero attached hydrogens (tertiary/aromatic N) is 1. The van der Waals surface area contributed by atoms with E-state index in [0.717, 1.165) is 53.1 Å². The Morgan fingerprint density at radius 2 is 1.55 bits per heavy atom. The second-order valence-electron chi connectivity index (χ2n) is 14.4. The molecule has 4 aromatic rings. The number of carboxylic acids is 1. The third-order valence-electron chi connectivity index (χ3n) is 10.2. The molecule has 1 saturated heterocycles. The maximum absolute atomic E-state index is 13.3. The van der Waals surface area contributed by atoms with Crippen LogP contribution in [0.2, 0.25) is 0 Å². The highest BCUT2D eigenvalue weighted by molar-refractivity contribution is 5.99. The largest absolute Gasteiger partial charge is 0.478 e. The van der Waals surface area contributed by atoms with E-state index in [-0.39, 0.29) is 30.9 Å². The lowest BCUT2D eigenvalue weighted by Crippen LogP contribution is -2.47. The Morgan fingerprint density at radius 3 is 2.24 bits per heavy atom. The number of nitrogens with one attached hydrogen (secondary N) is 1. The van der Waals surface area contributed by atoms with E-state index in [2.05, 4.69) is 5.32 Å². The predicted molar refractivity (Wildman–Crippen MR) is 206 cm³/mol. The van der Waals surface area contributed by atoms with E-state index in [1.54, 1.807) is 79.6 Å². The van der Waals surface area contributed by atoms with Gasteiger partial charge in [0, 0.05) is 24.9 Å². The van der Waals surface area contributed by atoms with Crippen molar-refractivity contribution >= 4 is 46.8 Å². The van der Waals surface area contributed by atoms with Crippen LogP contribution in [0.1, 0.15) is 95.7 Å². The third-order valence-corrected chi connectivity index (χ3v) is 10.2. The number of hydrogen-bond acceptors (Lipinski definition) is 9. The zero-order valence-electron chi connectivity index (χ0n) is 31.0. The van der Waals surface area contributed by atoms with Gasteiger partial charge in [-0.1, -0.05) is 91.7 Å². The van der Waals surface area contributed by atoms with Gasteiger partial charge in [0.2, 0.25) is 0 Å². The summed E-state index contributed by atoms with van der Waals surface area (Å²) in [7, 11) is 0. The van der Waals surface area contributed by atoms with Crippen LogP contribution in [0.5, 0.6) is 0 Å². The summed E-state index contributed by atoms with van der Waals surface area (Å²) < 4.78 is 10.7. The first-order valence-electron chi connectivity index (χ1n) is 18.8. The van der Waals surface area contributed by atoms with Gasteiger partial charge in [-0.25, -0.2) is 19.2 Å². The van der Waals surface area contributed by atoms with E-state index in [4.69, 9.17) is 19.4 Å². The Balaban J connectivity index is 0.000000502. The van der Waals surface area contributed by atoms with Crippen LogP contribution in [0.4, 0.5) is 4.79 Å². The first kappa shape index (κ1) is 38.9. The molecule has 11 heteroatoms. The van der Waals surface area contributed by atoms with Crippen molar-refractivity contribution in [3.05, 3.63) is 125 Å². The van der Waals surface area contributed by atoms with Crippen LogP contribution in [0.25, 0.3) is 16.8 Å². The van der Waals surface area contributed by atoms with Crippen molar-refractivity contribution in [1.29, 1.82) is 0 Å². The van der Waals surface area contributed by atoms with Crippen molar-refractivity contribution in [2.45, 2.75) is 82.9 Å². The monoisotopic (exact) mass is 746 g/mol. The fourth-order valence-corrected chi connectivity index (χ4v) is 7.67. The minimum Gasteiger partial charge on any atom is -0.478 e. The number of amides is 1. The number of carboxylic acid groups (broad SMARTS) is 1. The number of fused-ring (bicyclic) bond motifs is 1. The molecule has 2 fully saturated rings. The Morgan fingerprint density at radius 1 is 0.836 bits per heavy atom. The van der Waals surface area contributed by atoms with Crippen LogP contribution >= 0.6 is 0 Å². The molecule has 286 valence electrons. The van der Waals surface area contributed by atoms with Gasteiger partial charge in [0.25, 0.3) is 0 Å². The van der Waals surface area contributed by atoms with Gasteiger partial charge in [0.1, 0.15) is 6.04 Å². The molecule has 4 atom stereocenters. The molecule has 0 bridgehead atoms. The highest BCUT2D eigenvalue weighted by Crippen LogP contribution is 2.39. The molecule has 0 radical (unpaired) electrons. The molecule has 55 heavy (non-hydrogen) atoms. The van der Waals surface area contributed by atoms with Crippen molar-refractivity contribution in [2.75, 3.05) is 6.54 Å². The van der Waals surface area contributed by atoms with E-state index < -0.39 is 36.0 Å². The molecule has 4 aromatic carbocycles. The van der Waals surface area contributed by atoms with Gasteiger partial charge in [-0.15, -0.1) is 5.06 Å². The van der Waals surface area contributed by atoms with Gasteiger partial charge < -0.3 is 24.7 Å². The van der Waals surface area contributed by atoms with Gasteiger partial charge in [0.05, 0.1) is 23.7 Å².